The predicted molar refractivity (Wildman–Crippen MR) is 139 cm³/mol. The SMILES string of the molecule is Cc1[nH]n(-c2ccccc2)c(=O)c1[C@@H]1Nc2ccccc2-c2nnc(SCc3ccccc3)nc2O1. The lowest BCUT2D eigenvalue weighted by Gasteiger charge is -2.18. The minimum Gasteiger partial charge on any atom is -0.447 e. The summed E-state index contributed by atoms with van der Waals surface area (Å²) < 4.78 is 7.88. The molecule has 9 heteroatoms. The van der Waals surface area contributed by atoms with Crippen LogP contribution >= 0.6 is 11.8 Å². The second kappa shape index (κ2) is 9.35. The van der Waals surface area contributed by atoms with E-state index in [9.17, 15) is 4.79 Å². The number of hydrogen-bond donors (Lipinski definition) is 2. The summed E-state index contributed by atoms with van der Waals surface area (Å²) in [6, 6.07) is 27.3. The Morgan fingerprint density at radius 3 is 2.47 bits per heavy atom. The van der Waals surface area contributed by atoms with Crippen molar-refractivity contribution in [2.75, 3.05) is 5.32 Å². The number of aromatic amines is 1. The number of ether oxygens (including phenoxy) is 1. The van der Waals surface area contributed by atoms with Crippen LogP contribution in [0.1, 0.15) is 23.0 Å². The molecule has 0 aliphatic carbocycles. The van der Waals surface area contributed by atoms with E-state index in [2.05, 4.69) is 32.7 Å². The zero-order chi connectivity index (χ0) is 24.5. The molecule has 1 aliphatic rings. The van der Waals surface area contributed by atoms with Gasteiger partial charge in [-0.05, 0) is 30.7 Å². The molecule has 5 aromatic rings. The van der Waals surface area contributed by atoms with Crippen molar-refractivity contribution in [2.24, 2.45) is 0 Å². The molecule has 2 aromatic heterocycles. The van der Waals surface area contributed by atoms with Crippen molar-refractivity contribution >= 4 is 17.4 Å². The smallest absolute Gasteiger partial charge is 0.280 e. The standard InChI is InChI=1S/C27H22N6O2S/c1-17-22(26(34)33(32-17)19-12-6-3-7-13-19)24-28-21-15-9-8-14-20(21)23-25(35-24)29-27(31-30-23)36-16-18-10-4-2-5-11-18/h2-15,24,28,32H,16H2,1H3/t24-/m1/s1. The predicted octanol–water partition coefficient (Wildman–Crippen LogP) is 5.12. The molecular weight excluding hydrogens is 472 g/mol. The highest BCUT2D eigenvalue weighted by molar-refractivity contribution is 7.98. The summed E-state index contributed by atoms with van der Waals surface area (Å²) in [7, 11) is 0. The third kappa shape index (κ3) is 4.14. The number of hydrogen-bond acceptors (Lipinski definition) is 7. The van der Waals surface area contributed by atoms with E-state index in [1.807, 2.05) is 79.7 Å². The van der Waals surface area contributed by atoms with Gasteiger partial charge in [0.25, 0.3) is 5.56 Å². The van der Waals surface area contributed by atoms with Crippen molar-refractivity contribution in [3.63, 3.8) is 0 Å². The van der Waals surface area contributed by atoms with E-state index in [1.54, 1.807) is 0 Å². The second-order valence-electron chi connectivity index (χ2n) is 8.34. The van der Waals surface area contributed by atoms with Gasteiger partial charge in [-0.2, -0.15) is 4.98 Å². The normalized spacial score (nSPS) is 14.2. The molecule has 0 unspecified atom stereocenters. The lowest BCUT2D eigenvalue weighted by molar-refractivity contribution is 0.223. The molecule has 0 bridgehead atoms. The van der Waals surface area contributed by atoms with E-state index >= 15 is 0 Å². The summed E-state index contributed by atoms with van der Waals surface area (Å²) in [5.41, 5.74) is 5.01. The number of aromatic nitrogens is 5. The molecule has 8 nitrogen and oxygen atoms in total. The maximum atomic E-state index is 13.5. The van der Waals surface area contributed by atoms with Crippen LogP contribution in [0.4, 0.5) is 5.69 Å². The Hall–Kier alpha value is -4.37. The number of aryl methyl sites for hydroxylation is 1. The molecule has 3 aromatic carbocycles. The average Bonchev–Trinajstić information content (AvgIpc) is 3.12. The van der Waals surface area contributed by atoms with Gasteiger partial charge in [0.2, 0.25) is 17.3 Å². The Morgan fingerprint density at radius 1 is 0.944 bits per heavy atom. The number of rotatable bonds is 5. The lowest BCUT2D eigenvalue weighted by atomic mass is 10.1. The first-order valence-corrected chi connectivity index (χ1v) is 12.5. The Morgan fingerprint density at radius 2 is 1.67 bits per heavy atom. The fourth-order valence-electron chi connectivity index (χ4n) is 4.19. The van der Waals surface area contributed by atoms with Gasteiger partial charge < -0.3 is 10.1 Å². The number of benzene rings is 3. The van der Waals surface area contributed by atoms with Crippen molar-refractivity contribution in [1.29, 1.82) is 0 Å². The van der Waals surface area contributed by atoms with E-state index < -0.39 is 6.23 Å². The first-order valence-electron chi connectivity index (χ1n) is 11.5. The first kappa shape index (κ1) is 22.1. The number of nitrogens with zero attached hydrogens (tertiary/aromatic N) is 4. The van der Waals surface area contributed by atoms with Crippen molar-refractivity contribution in [3.8, 4) is 22.8 Å². The fourth-order valence-corrected chi connectivity index (χ4v) is 4.92. The summed E-state index contributed by atoms with van der Waals surface area (Å²) >= 11 is 1.48. The largest absolute Gasteiger partial charge is 0.447 e. The van der Waals surface area contributed by atoms with Crippen LogP contribution in [0.5, 0.6) is 5.88 Å². The highest BCUT2D eigenvalue weighted by Gasteiger charge is 2.30. The number of fused-ring (bicyclic) bond motifs is 3. The second-order valence-corrected chi connectivity index (χ2v) is 9.28. The summed E-state index contributed by atoms with van der Waals surface area (Å²) in [6.07, 6.45) is -0.773. The Bertz CT molecular complexity index is 1580. The number of para-hydroxylation sites is 2. The Kier molecular flexibility index (Phi) is 5.74. The van der Waals surface area contributed by atoms with Crippen molar-refractivity contribution in [1.82, 2.24) is 25.0 Å². The van der Waals surface area contributed by atoms with Crippen LogP contribution in [0, 0.1) is 6.92 Å². The van der Waals surface area contributed by atoms with E-state index in [0.717, 1.165) is 22.5 Å². The van der Waals surface area contributed by atoms with E-state index in [1.165, 1.54) is 16.4 Å². The molecule has 0 amide bonds. The Labute approximate surface area is 211 Å². The summed E-state index contributed by atoms with van der Waals surface area (Å²) in [4.78, 5) is 18.2. The molecule has 6 rings (SSSR count). The van der Waals surface area contributed by atoms with E-state index in [4.69, 9.17) is 9.72 Å². The molecule has 0 spiro atoms. The first-order chi connectivity index (χ1) is 17.7. The van der Waals surface area contributed by atoms with Gasteiger partial charge in [-0.15, -0.1) is 10.2 Å². The number of nitrogens with one attached hydrogen (secondary N) is 2. The maximum absolute atomic E-state index is 13.5. The molecule has 36 heavy (non-hydrogen) atoms. The maximum Gasteiger partial charge on any atom is 0.280 e. The van der Waals surface area contributed by atoms with Gasteiger partial charge in [0.1, 0.15) is 5.56 Å². The zero-order valence-electron chi connectivity index (χ0n) is 19.4. The third-order valence-electron chi connectivity index (χ3n) is 5.94. The summed E-state index contributed by atoms with van der Waals surface area (Å²) in [5.74, 6) is 1.03. The number of H-pyrrole nitrogens is 1. The van der Waals surface area contributed by atoms with Gasteiger partial charge in [-0.3, -0.25) is 9.89 Å². The van der Waals surface area contributed by atoms with Crippen LogP contribution in [0.3, 0.4) is 0 Å². The van der Waals surface area contributed by atoms with Gasteiger partial charge >= 0.3 is 0 Å². The summed E-state index contributed by atoms with van der Waals surface area (Å²) in [6.45, 7) is 1.86. The minimum atomic E-state index is -0.773. The molecular formula is C27H22N6O2S. The highest BCUT2D eigenvalue weighted by atomic mass is 32.2. The molecule has 0 fully saturated rings. The number of anilines is 1. The van der Waals surface area contributed by atoms with Gasteiger partial charge in [0.05, 0.1) is 5.69 Å². The van der Waals surface area contributed by atoms with Gasteiger partial charge in [-0.1, -0.05) is 78.5 Å². The van der Waals surface area contributed by atoms with Gasteiger partial charge in [0.15, 0.2) is 5.69 Å². The molecule has 2 N–H and O–H groups in total. The van der Waals surface area contributed by atoms with Crippen LogP contribution in [0.25, 0.3) is 16.9 Å². The average molecular weight is 495 g/mol. The molecule has 0 saturated carbocycles. The lowest BCUT2D eigenvalue weighted by Crippen LogP contribution is -2.26. The highest BCUT2D eigenvalue weighted by Crippen LogP contribution is 2.39. The van der Waals surface area contributed by atoms with Gasteiger partial charge in [-0.25, -0.2) is 4.68 Å². The minimum absolute atomic E-state index is 0.196. The van der Waals surface area contributed by atoms with E-state index in [-0.39, 0.29) is 5.56 Å². The third-order valence-corrected chi connectivity index (χ3v) is 6.85. The van der Waals surface area contributed by atoms with Crippen molar-refractivity contribution in [3.05, 3.63) is 112 Å². The molecule has 1 aliphatic heterocycles. The topological polar surface area (TPSA) is 97.7 Å². The van der Waals surface area contributed by atoms with Crippen LogP contribution < -0.4 is 15.6 Å². The van der Waals surface area contributed by atoms with Crippen LogP contribution in [-0.2, 0) is 5.75 Å². The van der Waals surface area contributed by atoms with Crippen LogP contribution in [-0.4, -0.2) is 25.0 Å². The summed E-state index contributed by atoms with van der Waals surface area (Å²) in [5, 5.41) is 15.9. The van der Waals surface area contributed by atoms with Crippen LogP contribution in [0.2, 0.25) is 0 Å². The zero-order valence-corrected chi connectivity index (χ0v) is 20.2. The van der Waals surface area contributed by atoms with Crippen molar-refractivity contribution in [2.45, 2.75) is 24.1 Å². The fraction of sp³-hybridized carbons (Fsp3) is 0.111. The van der Waals surface area contributed by atoms with Crippen molar-refractivity contribution < 1.29 is 4.74 Å². The monoisotopic (exact) mass is 494 g/mol. The van der Waals surface area contributed by atoms with E-state index in [0.29, 0.717) is 33.7 Å². The molecule has 1 atom stereocenters. The molecule has 0 radical (unpaired) electrons. The van der Waals surface area contributed by atoms with Crippen LogP contribution in [0.15, 0.2) is 94.9 Å². The van der Waals surface area contributed by atoms with Gasteiger partial charge in [0, 0.05) is 22.7 Å². The molecule has 3 heterocycles. The molecule has 178 valence electrons. The quantitative estimate of drug-likeness (QED) is 0.327. The molecule has 0 saturated heterocycles. The number of thioether (sulfide) groups is 1. The Balaban J connectivity index is 1.39.